The van der Waals surface area contributed by atoms with E-state index in [0.717, 1.165) is 24.5 Å². The number of quaternary nitrogens is 1. The van der Waals surface area contributed by atoms with E-state index in [2.05, 4.69) is 12.1 Å². The quantitative estimate of drug-likeness (QED) is 0.557. The van der Waals surface area contributed by atoms with Gasteiger partial charge in [0.1, 0.15) is 28.8 Å². The average molecular weight is 475 g/mol. The van der Waals surface area contributed by atoms with E-state index in [9.17, 15) is 9.59 Å². The Morgan fingerprint density at radius 1 is 0.765 bits per heavy atom. The van der Waals surface area contributed by atoms with Crippen LogP contribution in [0.15, 0.2) is 95.7 Å². The summed E-state index contributed by atoms with van der Waals surface area (Å²) < 4.78 is 5.80. The van der Waals surface area contributed by atoms with Crippen LogP contribution in [0.2, 0.25) is 0 Å². The van der Waals surface area contributed by atoms with Crippen LogP contribution in [0.1, 0.15) is 5.56 Å². The van der Waals surface area contributed by atoms with Crippen LogP contribution in [0.4, 0.5) is 5.69 Å². The highest BCUT2D eigenvalue weighted by Crippen LogP contribution is 2.32. The highest BCUT2D eigenvalue weighted by atomic mass is 35.5. The minimum Gasteiger partial charge on any atom is -0.457 e. The first-order chi connectivity index (χ1) is 16.6. The molecule has 7 heteroatoms. The van der Waals surface area contributed by atoms with Gasteiger partial charge in [0.05, 0.1) is 31.9 Å². The number of hydrogen-bond acceptors (Lipinski definition) is 4. The molecule has 172 valence electrons. The van der Waals surface area contributed by atoms with Crippen molar-refractivity contribution >= 4 is 29.1 Å². The zero-order valence-electron chi connectivity index (χ0n) is 18.6. The van der Waals surface area contributed by atoms with E-state index in [4.69, 9.17) is 16.3 Å². The Kier molecular flexibility index (Phi) is 6.34. The number of imide groups is 1. The summed E-state index contributed by atoms with van der Waals surface area (Å²) in [5, 5.41) is -0.0129. The highest BCUT2D eigenvalue weighted by molar-refractivity contribution is 6.52. The minimum atomic E-state index is -0.488. The Morgan fingerprint density at radius 3 is 2.00 bits per heavy atom. The van der Waals surface area contributed by atoms with E-state index in [1.165, 1.54) is 10.5 Å². The lowest BCUT2D eigenvalue weighted by atomic mass is 10.2. The monoisotopic (exact) mass is 474 g/mol. The molecular weight excluding hydrogens is 450 g/mol. The van der Waals surface area contributed by atoms with E-state index in [1.807, 2.05) is 53.4 Å². The zero-order chi connectivity index (χ0) is 23.5. The van der Waals surface area contributed by atoms with E-state index in [1.54, 1.807) is 24.3 Å². The summed E-state index contributed by atoms with van der Waals surface area (Å²) in [6, 6.07) is 26.7. The van der Waals surface area contributed by atoms with Gasteiger partial charge in [-0.15, -0.1) is 0 Å². The molecule has 1 fully saturated rings. The van der Waals surface area contributed by atoms with E-state index in [-0.39, 0.29) is 10.9 Å². The van der Waals surface area contributed by atoms with Crippen molar-refractivity contribution in [1.29, 1.82) is 0 Å². The van der Waals surface area contributed by atoms with Crippen molar-refractivity contribution in [2.45, 2.75) is 6.54 Å². The summed E-state index contributed by atoms with van der Waals surface area (Å²) in [6.45, 7) is 4.03. The normalized spacial score (nSPS) is 17.0. The standard InChI is InChI=1S/C27H24ClN3O3/c28-24-25(30-17-15-29(16-18-30)19-20-7-3-1-4-8-20)27(33)31(26(24)32)21-11-13-23(14-12-21)34-22-9-5-2-6-10-22/h1-14H,15-19H2/p+1. The smallest absolute Gasteiger partial charge is 0.283 e. The molecule has 6 nitrogen and oxygen atoms in total. The number of piperazine rings is 1. The fourth-order valence-electron chi connectivity index (χ4n) is 4.40. The molecule has 34 heavy (non-hydrogen) atoms. The number of benzene rings is 3. The predicted octanol–water partition coefficient (Wildman–Crippen LogP) is 3.20. The maximum Gasteiger partial charge on any atom is 0.283 e. The minimum absolute atomic E-state index is 0.0129. The van der Waals surface area contributed by atoms with Gasteiger partial charge in [0.15, 0.2) is 0 Å². The summed E-state index contributed by atoms with van der Waals surface area (Å²) >= 11 is 6.40. The molecule has 0 saturated carbocycles. The maximum atomic E-state index is 13.3. The number of nitrogens with zero attached hydrogens (tertiary/aromatic N) is 2. The van der Waals surface area contributed by atoms with Gasteiger partial charge in [-0.25, -0.2) is 4.90 Å². The molecule has 0 bridgehead atoms. The molecule has 0 aliphatic carbocycles. The van der Waals surface area contributed by atoms with Crippen LogP contribution in [-0.2, 0) is 16.1 Å². The van der Waals surface area contributed by atoms with Crippen LogP contribution in [0.5, 0.6) is 11.5 Å². The van der Waals surface area contributed by atoms with Crippen LogP contribution >= 0.6 is 11.6 Å². The molecule has 3 aromatic rings. The van der Waals surface area contributed by atoms with Crippen molar-refractivity contribution in [3.63, 3.8) is 0 Å². The Bertz CT molecular complexity index is 1200. The molecule has 2 amide bonds. The van der Waals surface area contributed by atoms with Crippen molar-refractivity contribution in [2.75, 3.05) is 31.1 Å². The lowest BCUT2D eigenvalue weighted by Crippen LogP contribution is -3.13. The Labute approximate surface area is 203 Å². The topological polar surface area (TPSA) is 54.3 Å². The van der Waals surface area contributed by atoms with Gasteiger partial charge in [0, 0.05) is 5.56 Å². The van der Waals surface area contributed by atoms with Crippen molar-refractivity contribution in [3.05, 3.63) is 101 Å². The maximum absolute atomic E-state index is 13.3. The fraction of sp³-hybridized carbons (Fsp3) is 0.185. The number of anilines is 1. The van der Waals surface area contributed by atoms with Gasteiger partial charge in [0.2, 0.25) is 0 Å². The first kappa shape index (κ1) is 22.2. The summed E-state index contributed by atoms with van der Waals surface area (Å²) in [5.41, 5.74) is 2.06. The Balaban J connectivity index is 1.24. The molecule has 2 aliphatic heterocycles. The highest BCUT2D eigenvalue weighted by Gasteiger charge is 2.42. The summed E-state index contributed by atoms with van der Waals surface area (Å²) in [7, 11) is 0. The second-order valence-corrected chi connectivity index (χ2v) is 8.79. The van der Waals surface area contributed by atoms with E-state index >= 15 is 0 Å². The molecule has 5 rings (SSSR count). The average Bonchev–Trinajstić information content (AvgIpc) is 3.09. The lowest BCUT2D eigenvalue weighted by Gasteiger charge is -2.33. The molecule has 1 N–H and O–H groups in total. The predicted molar refractivity (Wildman–Crippen MR) is 131 cm³/mol. The number of carbonyl (C=O) groups excluding carboxylic acids is 2. The van der Waals surface area contributed by atoms with Crippen molar-refractivity contribution in [2.24, 2.45) is 0 Å². The number of nitrogens with one attached hydrogen (secondary N) is 1. The number of carbonyl (C=O) groups is 2. The van der Waals surface area contributed by atoms with Crippen LogP contribution in [-0.4, -0.2) is 42.9 Å². The number of ether oxygens (including phenoxy) is 1. The number of halogens is 1. The van der Waals surface area contributed by atoms with Crippen LogP contribution < -0.4 is 14.5 Å². The largest absolute Gasteiger partial charge is 0.457 e. The number of hydrogen-bond donors (Lipinski definition) is 1. The molecule has 0 unspecified atom stereocenters. The van der Waals surface area contributed by atoms with Crippen molar-refractivity contribution in [3.8, 4) is 11.5 Å². The first-order valence-corrected chi connectivity index (χ1v) is 11.7. The van der Waals surface area contributed by atoms with Gasteiger partial charge in [-0.05, 0) is 36.4 Å². The first-order valence-electron chi connectivity index (χ1n) is 11.3. The molecular formula is C27H25ClN3O3+. The number of para-hydroxylation sites is 1. The Morgan fingerprint density at radius 2 is 1.35 bits per heavy atom. The third-order valence-corrected chi connectivity index (χ3v) is 6.50. The second kappa shape index (κ2) is 9.71. The zero-order valence-corrected chi connectivity index (χ0v) is 19.4. The van der Waals surface area contributed by atoms with Gasteiger partial charge in [-0.3, -0.25) is 9.59 Å². The third kappa shape index (κ3) is 4.55. The second-order valence-electron chi connectivity index (χ2n) is 8.42. The number of amides is 2. The molecule has 0 atom stereocenters. The fourth-order valence-corrected chi connectivity index (χ4v) is 4.68. The molecule has 0 spiro atoms. The van der Waals surface area contributed by atoms with E-state index < -0.39 is 5.91 Å². The van der Waals surface area contributed by atoms with Crippen LogP contribution in [0.3, 0.4) is 0 Å². The van der Waals surface area contributed by atoms with E-state index in [0.29, 0.717) is 36.0 Å². The summed E-state index contributed by atoms with van der Waals surface area (Å²) in [6.07, 6.45) is 0. The Hall–Kier alpha value is -3.61. The molecule has 3 aromatic carbocycles. The van der Waals surface area contributed by atoms with Crippen molar-refractivity contribution < 1.29 is 19.2 Å². The van der Waals surface area contributed by atoms with Gasteiger partial charge in [-0.2, -0.15) is 0 Å². The molecule has 1 saturated heterocycles. The lowest BCUT2D eigenvalue weighted by molar-refractivity contribution is -0.917. The van der Waals surface area contributed by atoms with Gasteiger partial charge >= 0.3 is 0 Å². The van der Waals surface area contributed by atoms with Crippen LogP contribution in [0.25, 0.3) is 0 Å². The van der Waals surface area contributed by atoms with Crippen LogP contribution in [0, 0.1) is 0 Å². The van der Waals surface area contributed by atoms with Gasteiger partial charge in [-0.1, -0.05) is 60.1 Å². The number of rotatable bonds is 6. The summed E-state index contributed by atoms with van der Waals surface area (Å²) in [4.78, 5) is 30.7. The molecule has 2 heterocycles. The van der Waals surface area contributed by atoms with Gasteiger partial charge in [0.25, 0.3) is 11.8 Å². The third-order valence-electron chi connectivity index (χ3n) is 6.16. The molecule has 0 aromatic heterocycles. The summed E-state index contributed by atoms with van der Waals surface area (Å²) in [5.74, 6) is 0.464. The molecule has 2 aliphatic rings. The van der Waals surface area contributed by atoms with Gasteiger partial charge < -0.3 is 14.5 Å². The molecule has 0 radical (unpaired) electrons. The SMILES string of the molecule is O=C1C(Cl)=C(N2CC[NH+](Cc3ccccc3)CC2)C(=O)N1c1ccc(Oc2ccccc2)cc1. The van der Waals surface area contributed by atoms with Crippen molar-refractivity contribution in [1.82, 2.24) is 4.90 Å².